The molecule has 0 aliphatic heterocycles. The highest BCUT2D eigenvalue weighted by Gasteiger charge is 2.55. The molecule has 0 heterocycles. The van der Waals surface area contributed by atoms with Crippen molar-refractivity contribution in [1.29, 1.82) is 0 Å². The van der Waals surface area contributed by atoms with Gasteiger partial charge in [-0.25, -0.2) is 10.0 Å². The van der Waals surface area contributed by atoms with Crippen LogP contribution in [0.5, 0.6) is 0 Å². The van der Waals surface area contributed by atoms with Crippen molar-refractivity contribution in [3.63, 3.8) is 0 Å². The summed E-state index contributed by atoms with van der Waals surface area (Å²) in [5.74, 6) is 6.28. The summed E-state index contributed by atoms with van der Waals surface area (Å²) in [6.45, 7) is 5.04. The zero-order chi connectivity index (χ0) is 22.0. The summed E-state index contributed by atoms with van der Waals surface area (Å²) >= 11 is 0. The van der Waals surface area contributed by atoms with E-state index < -0.39 is 10.0 Å². The molecular formula is C31H48S. The van der Waals surface area contributed by atoms with Gasteiger partial charge in [0.05, 0.1) is 0 Å². The van der Waals surface area contributed by atoms with Gasteiger partial charge in [-0.15, -0.1) is 0 Å². The van der Waals surface area contributed by atoms with Crippen LogP contribution in [0.15, 0.2) is 12.1 Å². The highest BCUT2D eigenvalue weighted by atomic mass is 32.3. The van der Waals surface area contributed by atoms with Gasteiger partial charge in [0.2, 0.25) is 0 Å². The van der Waals surface area contributed by atoms with Gasteiger partial charge in [-0.3, -0.25) is 0 Å². The molecule has 0 nitrogen and oxygen atoms in total. The lowest BCUT2D eigenvalue weighted by Gasteiger charge is -2.49. The fourth-order valence-electron chi connectivity index (χ4n) is 9.84. The van der Waals surface area contributed by atoms with Gasteiger partial charge < -0.3 is 0 Å². The molecule has 0 aromatic heterocycles. The van der Waals surface area contributed by atoms with E-state index in [1.165, 1.54) is 51.4 Å². The summed E-state index contributed by atoms with van der Waals surface area (Å²) in [5, 5.41) is 1.91. The van der Waals surface area contributed by atoms with Gasteiger partial charge in [-0.1, -0.05) is 58.1 Å². The van der Waals surface area contributed by atoms with Crippen LogP contribution in [0, 0.1) is 35.5 Å². The van der Waals surface area contributed by atoms with Gasteiger partial charge >= 0.3 is 0 Å². The van der Waals surface area contributed by atoms with Crippen LogP contribution in [0.3, 0.4) is 0 Å². The first-order valence-corrected chi connectivity index (χ1v) is 16.9. The molecule has 3 fully saturated rings. The van der Waals surface area contributed by atoms with E-state index in [4.69, 9.17) is 0 Å². The van der Waals surface area contributed by atoms with Crippen LogP contribution in [-0.4, -0.2) is 17.8 Å². The van der Waals surface area contributed by atoms with Gasteiger partial charge in [-0.2, -0.15) is 0 Å². The average molecular weight is 453 g/mol. The largest absolute Gasteiger partial charge is 0.237 e. The number of hydrogen-bond donors (Lipinski definition) is 0. The second kappa shape index (κ2) is 8.35. The van der Waals surface area contributed by atoms with Crippen molar-refractivity contribution in [2.45, 2.75) is 108 Å². The van der Waals surface area contributed by atoms with Crippen LogP contribution in [0.1, 0.15) is 106 Å². The van der Waals surface area contributed by atoms with Gasteiger partial charge in [0, 0.05) is 5.25 Å². The summed E-state index contributed by atoms with van der Waals surface area (Å²) in [6, 6.07) is 5.38. The van der Waals surface area contributed by atoms with Crippen LogP contribution < -0.4 is 0 Å². The maximum Gasteiger partial charge on any atom is 0.0144 e. The topological polar surface area (TPSA) is 0 Å². The minimum Gasteiger partial charge on any atom is -0.237 e. The van der Waals surface area contributed by atoms with Gasteiger partial charge in [0.15, 0.2) is 0 Å². The smallest absolute Gasteiger partial charge is 0.0144 e. The molecule has 178 valence electrons. The third-order valence-electron chi connectivity index (χ3n) is 11.4. The minimum atomic E-state index is -0.650. The van der Waals surface area contributed by atoms with Crippen molar-refractivity contribution in [3.05, 3.63) is 34.4 Å². The molecule has 1 heteroatoms. The van der Waals surface area contributed by atoms with Crippen LogP contribution in [-0.2, 0) is 19.3 Å². The van der Waals surface area contributed by atoms with Crippen molar-refractivity contribution >= 4 is 10.0 Å². The molecule has 3 saturated carbocycles. The number of fused-ring (bicyclic) bond motifs is 4. The Labute approximate surface area is 200 Å². The van der Waals surface area contributed by atoms with Crippen molar-refractivity contribution < 1.29 is 0 Å². The highest BCUT2D eigenvalue weighted by Crippen LogP contribution is 2.71. The molecule has 0 spiro atoms. The molecule has 5 aliphatic carbocycles. The first-order valence-electron chi connectivity index (χ1n) is 14.3. The Morgan fingerprint density at radius 3 is 2.31 bits per heavy atom. The first-order chi connectivity index (χ1) is 15.5. The predicted octanol–water partition coefficient (Wildman–Crippen LogP) is 8.49. The Morgan fingerprint density at radius 1 is 0.844 bits per heavy atom. The zero-order valence-electron chi connectivity index (χ0n) is 21.4. The van der Waals surface area contributed by atoms with E-state index in [-0.39, 0.29) is 0 Å². The fraction of sp³-hybridized carbons (Fsp3) is 0.806. The molecule has 8 unspecified atom stereocenters. The third-order valence-corrected chi connectivity index (χ3v) is 15.5. The lowest BCUT2D eigenvalue weighted by Crippen LogP contribution is -2.35. The molecular weight excluding hydrogens is 404 g/mol. The third kappa shape index (κ3) is 3.46. The van der Waals surface area contributed by atoms with E-state index in [0.29, 0.717) is 0 Å². The van der Waals surface area contributed by atoms with Gasteiger partial charge in [0.1, 0.15) is 0 Å². The van der Waals surface area contributed by atoms with E-state index in [2.05, 4.69) is 38.5 Å². The molecule has 0 N–H and O–H groups in total. The molecule has 1 aromatic carbocycles. The zero-order valence-corrected chi connectivity index (χ0v) is 22.2. The molecule has 0 amide bonds. The van der Waals surface area contributed by atoms with Crippen molar-refractivity contribution in [2.24, 2.45) is 35.5 Å². The highest BCUT2D eigenvalue weighted by molar-refractivity contribution is 8.33. The van der Waals surface area contributed by atoms with E-state index in [0.717, 1.165) is 46.0 Å². The number of rotatable bonds is 5. The predicted molar refractivity (Wildman–Crippen MR) is 142 cm³/mol. The normalized spacial score (nSPS) is 39.4. The minimum absolute atomic E-state index is 0.650. The van der Waals surface area contributed by atoms with Gasteiger partial charge in [0.25, 0.3) is 0 Å². The summed E-state index contributed by atoms with van der Waals surface area (Å²) in [5.41, 5.74) is 6.99. The maximum absolute atomic E-state index is 2.80. The number of aryl methyl sites for hydroxylation is 3. The van der Waals surface area contributed by atoms with E-state index in [9.17, 15) is 0 Å². The lowest BCUT2D eigenvalue weighted by molar-refractivity contribution is 0.109. The van der Waals surface area contributed by atoms with Gasteiger partial charge in [-0.05, 0) is 127 Å². The van der Waals surface area contributed by atoms with Crippen LogP contribution >= 0.6 is 10.0 Å². The Morgan fingerprint density at radius 2 is 1.56 bits per heavy atom. The van der Waals surface area contributed by atoms with Crippen molar-refractivity contribution in [3.8, 4) is 0 Å². The molecule has 8 atom stereocenters. The summed E-state index contributed by atoms with van der Waals surface area (Å²) < 4.78 is 0. The Bertz CT molecular complexity index is 852. The maximum atomic E-state index is 2.80. The standard InChI is InChI=1S/C31H48S/c1-5-8-20(2)26-19-31(29-18-24-12-7-11-23(24)17-28(26)29)32(3,4)30-14-13-25-15-21-9-6-10-22(21)16-27(25)30/h15-16,20,23-24,26,28-31H,5-14,17-19H2,1-4H3. The number of benzene rings is 1. The summed E-state index contributed by atoms with van der Waals surface area (Å²) in [4.78, 5) is 0. The van der Waals surface area contributed by atoms with Crippen LogP contribution in [0.4, 0.5) is 0 Å². The Balaban J connectivity index is 1.32. The quantitative estimate of drug-likeness (QED) is 0.420. The first kappa shape index (κ1) is 22.1. The SMILES string of the molecule is CCCC(C)C1CC(S(C)(C)C2CCc3cc4c(cc32)CCC4)C2CC3CCCC3CC12. The Hall–Kier alpha value is -0.430. The monoisotopic (exact) mass is 452 g/mol. The van der Waals surface area contributed by atoms with E-state index >= 15 is 0 Å². The van der Waals surface area contributed by atoms with E-state index in [1.807, 2.05) is 5.56 Å². The Kier molecular flexibility index (Phi) is 5.76. The van der Waals surface area contributed by atoms with Crippen molar-refractivity contribution in [1.82, 2.24) is 0 Å². The summed E-state index contributed by atoms with van der Waals surface area (Å²) in [6.07, 6.45) is 24.8. The lowest BCUT2D eigenvalue weighted by atomic mass is 9.67. The van der Waals surface area contributed by atoms with E-state index in [1.54, 1.807) is 48.8 Å². The molecule has 1 aromatic rings. The van der Waals surface area contributed by atoms with Crippen LogP contribution in [0.25, 0.3) is 0 Å². The molecule has 5 aliphatic rings. The molecule has 0 saturated heterocycles. The fourth-order valence-corrected chi connectivity index (χ4v) is 13.8. The summed E-state index contributed by atoms with van der Waals surface area (Å²) in [7, 11) is -0.650. The average Bonchev–Trinajstić information content (AvgIpc) is 3.54. The number of hydrogen-bond acceptors (Lipinski definition) is 0. The molecule has 0 radical (unpaired) electrons. The van der Waals surface area contributed by atoms with Crippen LogP contribution in [0.2, 0.25) is 0 Å². The second-order valence-electron chi connectivity index (χ2n) is 13.1. The molecule has 0 bridgehead atoms. The second-order valence-corrected chi connectivity index (χ2v) is 17.3. The van der Waals surface area contributed by atoms with Crippen molar-refractivity contribution in [2.75, 3.05) is 12.5 Å². The molecule has 6 rings (SSSR count). The molecule has 32 heavy (non-hydrogen) atoms.